The van der Waals surface area contributed by atoms with Crippen LogP contribution in [0, 0.1) is 23.1 Å². The molecule has 1 aliphatic heterocycles. The van der Waals surface area contributed by atoms with Gasteiger partial charge in [0.15, 0.2) is 0 Å². The predicted octanol–water partition coefficient (Wildman–Crippen LogP) is 1.99. The maximum absolute atomic E-state index is 13.2. The highest BCUT2D eigenvalue weighted by Crippen LogP contribution is 2.30. The van der Waals surface area contributed by atoms with Crippen molar-refractivity contribution >= 4 is 10.0 Å². The summed E-state index contributed by atoms with van der Waals surface area (Å²) in [7, 11) is -3.55. The number of sulfonamides is 1. The SMILES string of the molecule is N#Cc1cc(F)ccc1CS(=O)(=O)NC1CCN(CC2CC2)CC1. The molecule has 0 aromatic heterocycles. The lowest BCUT2D eigenvalue weighted by Gasteiger charge is -2.32. The molecule has 1 heterocycles. The third-order valence-corrected chi connectivity index (χ3v) is 6.07. The smallest absolute Gasteiger partial charge is 0.216 e. The van der Waals surface area contributed by atoms with Gasteiger partial charge >= 0.3 is 0 Å². The first-order valence-corrected chi connectivity index (χ1v) is 10.0. The Morgan fingerprint density at radius 3 is 2.58 bits per heavy atom. The zero-order chi connectivity index (χ0) is 17.2. The molecule has 24 heavy (non-hydrogen) atoms. The Bertz CT molecular complexity index is 733. The Morgan fingerprint density at radius 1 is 1.25 bits per heavy atom. The van der Waals surface area contributed by atoms with Gasteiger partial charge in [0.25, 0.3) is 0 Å². The van der Waals surface area contributed by atoms with E-state index < -0.39 is 15.8 Å². The van der Waals surface area contributed by atoms with Crippen LogP contribution in [-0.4, -0.2) is 39.0 Å². The van der Waals surface area contributed by atoms with Crippen molar-refractivity contribution in [3.8, 4) is 6.07 Å². The molecule has 0 spiro atoms. The standard InChI is InChI=1S/C17H22FN3O2S/c18-16-4-3-14(15(9-16)10-19)12-24(22,23)20-17-5-7-21(8-6-17)11-13-1-2-13/h3-4,9,13,17,20H,1-2,5-8,11-12H2. The number of nitriles is 1. The van der Waals surface area contributed by atoms with Crippen LogP contribution >= 0.6 is 0 Å². The normalized spacial score (nSPS) is 20.0. The molecule has 0 atom stereocenters. The van der Waals surface area contributed by atoms with E-state index in [1.807, 2.05) is 6.07 Å². The van der Waals surface area contributed by atoms with Crippen LogP contribution in [0.2, 0.25) is 0 Å². The van der Waals surface area contributed by atoms with Crippen molar-refractivity contribution in [2.24, 2.45) is 5.92 Å². The number of hydrogen-bond donors (Lipinski definition) is 1. The molecule has 1 saturated heterocycles. The molecule has 7 heteroatoms. The summed E-state index contributed by atoms with van der Waals surface area (Å²) in [6, 6.07) is 5.41. The Kier molecular flexibility index (Phi) is 5.18. The Morgan fingerprint density at radius 2 is 1.96 bits per heavy atom. The van der Waals surface area contributed by atoms with Gasteiger partial charge in [0.2, 0.25) is 10.0 Å². The number of likely N-dealkylation sites (tertiary alicyclic amines) is 1. The number of hydrogen-bond acceptors (Lipinski definition) is 4. The molecule has 0 unspecified atom stereocenters. The van der Waals surface area contributed by atoms with Gasteiger partial charge in [0, 0.05) is 12.6 Å². The van der Waals surface area contributed by atoms with Crippen molar-refractivity contribution in [3.63, 3.8) is 0 Å². The Balaban J connectivity index is 1.55. The maximum atomic E-state index is 13.2. The monoisotopic (exact) mass is 351 g/mol. The van der Waals surface area contributed by atoms with Gasteiger partial charge in [-0.3, -0.25) is 0 Å². The van der Waals surface area contributed by atoms with Crippen LogP contribution in [0.25, 0.3) is 0 Å². The van der Waals surface area contributed by atoms with Crippen molar-refractivity contribution in [3.05, 3.63) is 35.1 Å². The first-order chi connectivity index (χ1) is 11.4. The summed E-state index contributed by atoms with van der Waals surface area (Å²) in [5.41, 5.74) is 0.400. The summed E-state index contributed by atoms with van der Waals surface area (Å²) in [6.07, 6.45) is 4.26. The second-order valence-corrected chi connectivity index (χ2v) is 8.56. The van der Waals surface area contributed by atoms with Crippen LogP contribution in [0.1, 0.15) is 36.8 Å². The molecule has 1 N–H and O–H groups in total. The van der Waals surface area contributed by atoms with E-state index in [-0.39, 0.29) is 17.4 Å². The lowest BCUT2D eigenvalue weighted by atomic mass is 10.1. The molecule has 1 aromatic carbocycles. The molecule has 0 amide bonds. The van der Waals surface area contributed by atoms with E-state index >= 15 is 0 Å². The van der Waals surface area contributed by atoms with Crippen LogP contribution in [0.3, 0.4) is 0 Å². The van der Waals surface area contributed by atoms with E-state index in [2.05, 4.69) is 9.62 Å². The zero-order valence-electron chi connectivity index (χ0n) is 13.5. The van der Waals surface area contributed by atoms with E-state index in [1.165, 1.54) is 25.0 Å². The van der Waals surface area contributed by atoms with Crippen LogP contribution < -0.4 is 4.72 Å². The fourth-order valence-corrected chi connectivity index (χ4v) is 4.67. The molecular weight excluding hydrogens is 329 g/mol. The first kappa shape index (κ1) is 17.3. The summed E-state index contributed by atoms with van der Waals surface area (Å²) < 4.78 is 40.6. The number of benzene rings is 1. The van der Waals surface area contributed by atoms with E-state index in [0.29, 0.717) is 5.56 Å². The molecular formula is C17H22FN3O2S. The highest BCUT2D eigenvalue weighted by Gasteiger charge is 2.28. The molecule has 2 aliphatic rings. The number of piperidine rings is 1. The van der Waals surface area contributed by atoms with Crippen molar-refractivity contribution in [1.82, 2.24) is 9.62 Å². The quantitative estimate of drug-likeness (QED) is 0.851. The Hall–Kier alpha value is -1.49. The molecule has 130 valence electrons. The minimum absolute atomic E-state index is 0.0589. The minimum Gasteiger partial charge on any atom is -0.303 e. The van der Waals surface area contributed by atoms with Gasteiger partial charge in [0.05, 0.1) is 17.4 Å². The van der Waals surface area contributed by atoms with Crippen molar-refractivity contribution in [2.75, 3.05) is 19.6 Å². The summed E-state index contributed by atoms with van der Waals surface area (Å²) >= 11 is 0. The van der Waals surface area contributed by atoms with Gasteiger partial charge in [0.1, 0.15) is 5.82 Å². The zero-order valence-corrected chi connectivity index (χ0v) is 14.4. The van der Waals surface area contributed by atoms with Crippen molar-refractivity contribution in [2.45, 2.75) is 37.5 Å². The van der Waals surface area contributed by atoms with Gasteiger partial charge in [-0.1, -0.05) is 6.07 Å². The van der Waals surface area contributed by atoms with Crippen LogP contribution in [0.15, 0.2) is 18.2 Å². The summed E-state index contributed by atoms with van der Waals surface area (Å²) in [4.78, 5) is 2.41. The largest absolute Gasteiger partial charge is 0.303 e. The van der Waals surface area contributed by atoms with Gasteiger partial charge in [-0.25, -0.2) is 17.5 Å². The first-order valence-electron chi connectivity index (χ1n) is 8.36. The molecule has 1 aliphatic carbocycles. The summed E-state index contributed by atoms with van der Waals surface area (Å²) in [5, 5.41) is 9.03. The molecule has 3 rings (SSSR count). The second-order valence-electron chi connectivity index (χ2n) is 6.81. The highest BCUT2D eigenvalue weighted by molar-refractivity contribution is 7.88. The summed E-state index contributed by atoms with van der Waals surface area (Å²) in [6.45, 7) is 2.98. The van der Waals surface area contributed by atoms with Crippen molar-refractivity contribution < 1.29 is 12.8 Å². The average molecular weight is 351 g/mol. The molecule has 5 nitrogen and oxygen atoms in total. The fraction of sp³-hybridized carbons (Fsp3) is 0.588. The molecule has 2 fully saturated rings. The third kappa shape index (κ3) is 4.76. The van der Waals surface area contributed by atoms with Crippen LogP contribution in [0.5, 0.6) is 0 Å². The highest BCUT2D eigenvalue weighted by atomic mass is 32.2. The number of nitrogens with one attached hydrogen (secondary N) is 1. The van der Waals surface area contributed by atoms with E-state index in [0.717, 1.165) is 44.5 Å². The Labute approximate surface area is 142 Å². The lowest BCUT2D eigenvalue weighted by Crippen LogP contribution is -2.45. The van der Waals surface area contributed by atoms with E-state index in [9.17, 15) is 12.8 Å². The van der Waals surface area contributed by atoms with Crippen LogP contribution in [-0.2, 0) is 15.8 Å². The molecule has 1 saturated carbocycles. The summed E-state index contributed by atoms with van der Waals surface area (Å²) in [5.74, 6) is 0.0168. The predicted molar refractivity (Wildman–Crippen MR) is 89.1 cm³/mol. The minimum atomic E-state index is -3.55. The van der Waals surface area contributed by atoms with Crippen molar-refractivity contribution in [1.29, 1.82) is 5.26 Å². The lowest BCUT2D eigenvalue weighted by molar-refractivity contribution is 0.200. The van der Waals surface area contributed by atoms with Crippen LogP contribution in [0.4, 0.5) is 4.39 Å². The number of rotatable bonds is 6. The number of halogens is 1. The fourth-order valence-electron chi connectivity index (χ4n) is 3.18. The third-order valence-electron chi connectivity index (χ3n) is 4.69. The number of nitrogens with zero attached hydrogens (tertiary/aromatic N) is 2. The van der Waals surface area contributed by atoms with Gasteiger partial charge in [-0.05, 0) is 62.4 Å². The van der Waals surface area contributed by atoms with E-state index in [1.54, 1.807) is 0 Å². The van der Waals surface area contributed by atoms with Gasteiger partial charge in [-0.15, -0.1) is 0 Å². The molecule has 1 aromatic rings. The maximum Gasteiger partial charge on any atom is 0.216 e. The molecule has 0 radical (unpaired) electrons. The van der Waals surface area contributed by atoms with Gasteiger partial charge in [-0.2, -0.15) is 5.26 Å². The van der Waals surface area contributed by atoms with Gasteiger partial charge < -0.3 is 4.90 Å². The average Bonchev–Trinajstić information content (AvgIpc) is 3.34. The second kappa shape index (κ2) is 7.18. The topological polar surface area (TPSA) is 73.2 Å². The van der Waals surface area contributed by atoms with E-state index in [4.69, 9.17) is 5.26 Å². The molecule has 0 bridgehead atoms.